The molecule has 0 saturated carbocycles. The highest BCUT2D eigenvalue weighted by Gasteiger charge is 2.04. The molecule has 2 N–H and O–H groups in total. The summed E-state index contributed by atoms with van der Waals surface area (Å²) < 4.78 is 0.946. The van der Waals surface area contributed by atoms with Crippen molar-refractivity contribution in [2.24, 2.45) is 0 Å². The van der Waals surface area contributed by atoms with E-state index in [1.807, 2.05) is 12.1 Å². The highest BCUT2D eigenvalue weighted by atomic mass is 79.9. The highest BCUT2D eigenvalue weighted by Crippen LogP contribution is 2.21. The Morgan fingerprint density at radius 1 is 1.50 bits per heavy atom. The van der Waals surface area contributed by atoms with E-state index in [9.17, 15) is 0 Å². The molecule has 0 saturated heterocycles. The average Bonchev–Trinajstić information content (AvgIpc) is 2.24. The van der Waals surface area contributed by atoms with Crippen LogP contribution in [-0.2, 0) is 6.54 Å². The lowest BCUT2D eigenvalue weighted by molar-refractivity contribution is 0.299. The maximum Gasteiger partial charge on any atom is 0.0601 e. The van der Waals surface area contributed by atoms with Gasteiger partial charge in [-0.3, -0.25) is 4.90 Å². The van der Waals surface area contributed by atoms with E-state index in [2.05, 4.69) is 39.7 Å². The highest BCUT2D eigenvalue weighted by molar-refractivity contribution is 9.10. The summed E-state index contributed by atoms with van der Waals surface area (Å²) in [7, 11) is 0. The fraction of sp³-hybridized carbons (Fsp3) is 0.385. The predicted octanol–water partition coefficient (Wildman–Crippen LogP) is 2.88. The van der Waals surface area contributed by atoms with Gasteiger partial charge in [-0.25, -0.2) is 0 Å². The van der Waals surface area contributed by atoms with Gasteiger partial charge in [0.15, 0.2) is 0 Å². The third kappa shape index (κ3) is 3.88. The summed E-state index contributed by atoms with van der Waals surface area (Å²) in [5, 5.41) is 0. The third-order valence-electron chi connectivity index (χ3n) is 2.33. The van der Waals surface area contributed by atoms with Crippen molar-refractivity contribution in [3.05, 3.63) is 28.2 Å². The van der Waals surface area contributed by atoms with Crippen LogP contribution in [0.3, 0.4) is 0 Å². The molecular weight excluding hydrogens is 264 g/mol. The summed E-state index contributed by atoms with van der Waals surface area (Å²) in [6.07, 6.45) is 6.46. The SMILES string of the molecule is C#CCN(CCC)Cc1ccc(N)c(Br)c1. The number of nitrogen functional groups attached to an aromatic ring is 1. The molecule has 16 heavy (non-hydrogen) atoms. The summed E-state index contributed by atoms with van der Waals surface area (Å²) in [5.74, 6) is 2.69. The minimum atomic E-state index is 0.690. The van der Waals surface area contributed by atoms with Gasteiger partial charge in [0, 0.05) is 16.7 Å². The quantitative estimate of drug-likeness (QED) is 0.664. The van der Waals surface area contributed by atoms with Crippen molar-refractivity contribution < 1.29 is 0 Å². The normalized spacial score (nSPS) is 10.4. The van der Waals surface area contributed by atoms with Gasteiger partial charge >= 0.3 is 0 Å². The van der Waals surface area contributed by atoms with Gasteiger partial charge in [-0.05, 0) is 46.6 Å². The monoisotopic (exact) mass is 280 g/mol. The molecule has 86 valence electrons. The number of rotatable bonds is 5. The first kappa shape index (κ1) is 13.1. The van der Waals surface area contributed by atoms with Crippen molar-refractivity contribution in [1.29, 1.82) is 0 Å². The molecule has 1 aromatic carbocycles. The van der Waals surface area contributed by atoms with E-state index in [-0.39, 0.29) is 0 Å². The molecule has 0 spiro atoms. The Hall–Kier alpha value is -0.980. The molecule has 0 heterocycles. The second kappa shape index (κ2) is 6.57. The van der Waals surface area contributed by atoms with Gasteiger partial charge in [-0.1, -0.05) is 18.9 Å². The van der Waals surface area contributed by atoms with Crippen molar-refractivity contribution in [3.63, 3.8) is 0 Å². The van der Waals surface area contributed by atoms with Crippen molar-refractivity contribution in [2.75, 3.05) is 18.8 Å². The summed E-state index contributed by atoms with van der Waals surface area (Å²) in [6, 6.07) is 6.01. The Bertz CT molecular complexity index is 382. The Morgan fingerprint density at radius 3 is 2.81 bits per heavy atom. The molecule has 2 nitrogen and oxygen atoms in total. The lowest BCUT2D eigenvalue weighted by atomic mass is 10.2. The van der Waals surface area contributed by atoms with Crippen LogP contribution in [0.25, 0.3) is 0 Å². The van der Waals surface area contributed by atoms with E-state index >= 15 is 0 Å². The molecule has 0 atom stereocenters. The van der Waals surface area contributed by atoms with Gasteiger partial charge in [0.1, 0.15) is 0 Å². The van der Waals surface area contributed by atoms with Crippen LogP contribution in [0.5, 0.6) is 0 Å². The second-order valence-corrected chi connectivity index (χ2v) is 4.62. The molecule has 3 heteroatoms. The molecule has 0 amide bonds. The van der Waals surface area contributed by atoms with E-state index in [0.29, 0.717) is 6.54 Å². The minimum Gasteiger partial charge on any atom is -0.398 e. The number of terminal acetylenes is 1. The first-order valence-electron chi connectivity index (χ1n) is 5.37. The van der Waals surface area contributed by atoms with Gasteiger partial charge in [0.05, 0.1) is 6.54 Å². The van der Waals surface area contributed by atoms with Crippen LogP contribution in [0.15, 0.2) is 22.7 Å². The van der Waals surface area contributed by atoms with Gasteiger partial charge in [-0.2, -0.15) is 0 Å². The number of benzene rings is 1. The second-order valence-electron chi connectivity index (χ2n) is 3.77. The average molecular weight is 281 g/mol. The van der Waals surface area contributed by atoms with Gasteiger partial charge in [0.25, 0.3) is 0 Å². The number of nitrogens with zero attached hydrogens (tertiary/aromatic N) is 1. The van der Waals surface area contributed by atoms with Gasteiger partial charge in [0.2, 0.25) is 0 Å². The molecule has 1 rings (SSSR count). The van der Waals surface area contributed by atoms with E-state index in [1.54, 1.807) is 0 Å². The summed E-state index contributed by atoms with van der Waals surface area (Å²) in [4.78, 5) is 2.25. The Labute approximate surface area is 106 Å². The molecule has 0 aliphatic heterocycles. The molecule has 0 aromatic heterocycles. The molecule has 0 bridgehead atoms. The van der Waals surface area contributed by atoms with Crippen LogP contribution in [0, 0.1) is 12.3 Å². The molecule has 0 unspecified atom stereocenters. The Balaban J connectivity index is 2.69. The smallest absolute Gasteiger partial charge is 0.0601 e. The van der Waals surface area contributed by atoms with Crippen molar-refractivity contribution in [2.45, 2.75) is 19.9 Å². The van der Waals surface area contributed by atoms with Gasteiger partial charge in [-0.15, -0.1) is 6.42 Å². The fourth-order valence-corrected chi connectivity index (χ4v) is 2.01. The number of hydrogen-bond acceptors (Lipinski definition) is 2. The van der Waals surface area contributed by atoms with Crippen LogP contribution in [-0.4, -0.2) is 18.0 Å². The number of hydrogen-bond donors (Lipinski definition) is 1. The standard InChI is InChI=1S/C13H17BrN2/c1-3-7-16(8-4-2)10-11-5-6-13(15)12(14)9-11/h1,5-6,9H,4,7-8,10,15H2,2H3. The number of anilines is 1. The first-order valence-corrected chi connectivity index (χ1v) is 6.16. The van der Waals surface area contributed by atoms with Crippen molar-refractivity contribution >= 4 is 21.6 Å². The van der Waals surface area contributed by atoms with E-state index in [1.165, 1.54) is 5.56 Å². The Kier molecular flexibility index (Phi) is 5.37. The first-order chi connectivity index (χ1) is 7.67. The van der Waals surface area contributed by atoms with Crippen LogP contribution in [0.2, 0.25) is 0 Å². The minimum absolute atomic E-state index is 0.690. The van der Waals surface area contributed by atoms with E-state index in [0.717, 1.165) is 29.7 Å². The Morgan fingerprint density at radius 2 is 2.25 bits per heavy atom. The molecule has 0 aliphatic carbocycles. The summed E-state index contributed by atoms with van der Waals surface area (Å²) in [5.41, 5.74) is 7.74. The lowest BCUT2D eigenvalue weighted by Crippen LogP contribution is -2.24. The summed E-state index contributed by atoms with van der Waals surface area (Å²) >= 11 is 3.43. The van der Waals surface area contributed by atoms with E-state index < -0.39 is 0 Å². The van der Waals surface area contributed by atoms with Crippen LogP contribution in [0.4, 0.5) is 5.69 Å². The molecular formula is C13H17BrN2. The van der Waals surface area contributed by atoms with Gasteiger partial charge < -0.3 is 5.73 Å². The third-order valence-corrected chi connectivity index (χ3v) is 3.01. The largest absolute Gasteiger partial charge is 0.398 e. The number of nitrogens with two attached hydrogens (primary N) is 1. The van der Waals surface area contributed by atoms with E-state index in [4.69, 9.17) is 12.2 Å². The van der Waals surface area contributed by atoms with Crippen LogP contribution < -0.4 is 5.73 Å². The fourth-order valence-electron chi connectivity index (χ4n) is 1.59. The number of halogens is 1. The maximum atomic E-state index is 5.74. The zero-order valence-corrected chi connectivity index (χ0v) is 11.1. The zero-order valence-electron chi connectivity index (χ0n) is 9.54. The topological polar surface area (TPSA) is 29.3 Å². The van der Waals surface area contributed by atoms with Crippen LogP contribution >= 0.6 is 15.9 Å². The molecule has 1 aromatic rings. The van der Waals surface area contributed by atoms with Crippen LogP contribution in [0.1, 0.15) is 18.9 Å². The molecule has 0 fully saturated rings. The predicted molar refractivity (Wildman–Crippen MR) is 73.0 cm³/mol. The lowest BCUT2D eigenvalue weighted by Gasteiger charge is -2.19. The van der Waals surface area contributed by atoms with Crippen molar-refractivity contribution in [3.8, 4) is 12.3 Å². The summed E-state index contributed by atoms with van der Waals surface area (Å²) in [6.45, 7) is 4.74. The molecule has 0 aliphatic rings. The zero-order chi connectivity index (χ0) is 12.0. The molecule has 0 radical (unpaired) electrons. The van der Waals surface area contributed by atoms with Crippen molar-refractivity contribution in [1.82, 2.24) is 4.90 Å². The maximum absolute atomic E-state index is 5.74.